The van der Waals surface area contributed by atoms with Gasteiger partial charge in [0.15, 0.2) is 0 Å². The molecule has 0 saturated heterocycles. The van der Waals surface area contributed by atoms with Crippen molar-refractivity contribution in [2.24, 2.45) is 0 Å². The van der Waals surface area contributed by atoms with Gasteiger partial charge >= 0.3 is 0 Å². The lowest BCUT2D eigenvalue weighted by atomic mass is 9.98. The van der Waals surface area contributed by atoms with Crippen LogP contribution >= 0.6 is 0 Å². The number of halogens is 1. The minimum absolute atomic E-state index is 1.03. The molecule has 1 aromatic heterocycles. The lowest BCUT2D eigenvalue weighted by Crippen LogP contribution is -2.68. The zero-order valence-electron chi connectivity index (χ0n) is 19.8. The SMILES string of the molecule is CCCCCC[n+]1c(-c2ccccc2)cc(-c2ccccc2)cc1-c1ccccc1.[O-][Cl+3]([O-])([O-])[O-]. The summed E-state index contributed by atoms with van der Waals surface area (Å²) in [6, 6.07) is 37.0. The number of pyridine rings is 1. The van der Waals surface area contributed by atoms with Crippen LogP contribution in [-0.4, -0.2) is 0 Å². The molecule has 0 atom stereocenters. The summed E-state index contributed by atoms with van der Waals surface area (Å²) in [5.41, 5.74) is 7.62. The first-order chi connectivity index (χ1) is 16.9. The zero-order valence-corrected chi connectivity index (χ0v) is 20.6. The number of nitrogens with zero attached hydrogens (tertiary/aromatic N) is 1. The van der Waals surface area contributed by atoms with Gasteiger partial charge in [0, 0.05) is 29.7 Å². The maximum Gasteiger partial charge on any atom is 0.213 e. The molecule has 0 aliphatic rings. The number of hydrogen-bond acceptors (Lipinski definition) is 4. The van der Waals surface area contributed by atoms with E-state index in [1.54, 1.807) is 0 Å². The number of benzene rings is 3. The Bertz CT molecular complexity index is 1100. The van der Waals surface area contributed by atoms with E-state index in [1.807, 2.05) is 0 Å². The standard InChI is InChI=1S/C29H30N.ClHO4/c1-2-3-4-14-21-30-28(25-17-10-6-11-18-25)22-27(24-15-8-5-9-16-24)23-29(30)26-19-12-7-13-20-26;2-1(3,4)5/h5-13,15-20,22-23H,2-4,14,21H2,1H3;(H,2,3,4,5)/q+1;/p-1. The Morgan fingerprint density at radius 2 is 0.943 bits per heavy atom. The Labute approximate surface area is 209 Å². The summed E-state index contributed by atoms with van der Waals surface area (Å²) in [6.45, 7) is 3.30. The summed E-state index contributed by atoms with van der Waals surface area (Å²) in [5, 5.41) is 0. The van der Waals surface area contributed by atoms with Crippen molar-refractivity contribution in [2.45, 2.75) is 39.2 Å². The average molecular weight is 492 g/mol. The van der Waals surface area contributed by atoms with E-state index >= 15 is 0 Å². The minimum atomic E-state index is -4.94. The highest BCUT2D eigenvalue weighted by atomic mass is 35.7. The molecule has 182 valence electrons. The predicted molar refractivity (Wildman–Crippen MR) is 127 cm³/mol. The van der Waals surface area contributed by atoms with Gasteiger partial charge in [-0.05, 0) is 41.8 Å². The summed E-state index contributed by atoms with van der Waals surface area (Å²) < 4.78 is 36.5. The van der Waals surface area contributed by atoms with Crippen molar-refractivity contribution < 1.29 is 33.4 Å². The highest BCUT2D eigenvalue weighted by molar-refractivity contribution is 5.73. The fraction of sp³-hybridized carbons (Fsp3) is 0.207. The Morgan fingerprint density at radius 1 is 0.543 bits per heavy atom. The maximum absolute atomic E-state index is 8.49. The normalized spacial score (nSPS) is 11.0. The maximum atomic E-state index is 8.49. The van der Waals surface area contributed by atoms with Gasteiger partial charge in [-0.2, -0.15) is 4.57 Å². The van der Waals surface area contributed by atoms with E-state index in [2.05, 4.69) is 115 Å². The first-order valence-corrected chi connectivity index (χ1v) is 13.0. The third-order valence-electron chi connectivity index (χ3n) is 5.65. The molecule has 0 bridgehead atoms. The van der Waals surface area contributed by atoms with E-state index in [9.17, 15) is 0 Å². The van der Waals surface area contributed by atoms with Crippen molar-refractivity contribution >= 4 is 0 Å². The third kappa shape index (κ3) is 8.58. The van der Waals surface area contributed by atoms with Crippen molar-refractivity contribution in [3.05, 3.63) is 103 Å². The molecule has 4 aromatic rings. The molecule has 0 radical (unpaired) electrons. The van der Waals surface area contributed by atoms with Crippen LogP contribution in [0.3, 0.4) is 0 Å². The van der Waals surface area contributed by atoms with Crippen LogP contribution in [0.2, 0.25) is 0 Å². The van der Waals surface area contributed by atoms with E-state index in [4.69, 9.17) is 18.6 Å². The van der Waals surface area contributed by atoms with E-state index in [1.165, 1.54) is 59.3 Å². The van der Waals surface area contributed by atoms with Gasteiger partial charge in [0.2, 0.25) is 11.4 Å². The van der Waals surface area contributed by atoms with E-state index in [0.717, 1.165) is 6.54 Å². The van der Waals surface area contributed by atoms with Crippen LogP contribution in [0, 0.1) is 10.2 Å². The molecule has 1 heterocycles. The second kappa shape index (κ2) is 13.1. The van der Waals surface area contributed by atoms with Gasteiger partial charge in [-0.1, -0.05) is 86.5 Å². The van der Waals surface area contributed by atoms with Gasteiger partial charge in [0.25, 0.3) is 0 Å². The molecule has 5 nitrogen and oxygen atoms in total. The molecule has 0 aliphatic heterocycles. The molecule has 35 heavy (non-hydrogen) atoms. The van der Waals surface area contributed by atoms with Crippen molar-refractivity contribution in [3.63, 3.8) is 0 Å². The largest absolute Gasteiger partial charge is 0.222 e. The molecule has 0 unspecified atom stereocenters. The predicted octanol–water partition coefficient (Wildman–Crippen LogP) is 2.80. The van der Waals surface area contributed by atoms with Gasteiger partial charge < -0.3 is 0 Å². The second-order valence-corrected chi connectivity index (χ2v) is 8.96. The molecule has 3 aromatic carbocycles. The van der Waals surface area contributed by atoms with Gasteiger partial charge in [-0.3, -0.25) is 0 Å². The topological polar surface area (TPSA) is 96.1 Å². The molecule has 0 amide bonds. The molecular formula is C29H30ClNO4. The summed E-state index contributed by atoms with van der Waals surface area (Å²) in [6.07, 6.45) is 5.02. The van der Waals surface area contributed by atoms with Crippen molar-refractivity contribution in [1.29, 1.82) is 0 Å². The molecule has 0 spiro atoms. The minimum Gasteiger partial charge on any atom is -0.222 e. The number of rotatable bonds is 8. The number of aromatic nitrogens is 1. The van der Waals surface area contributed by atoms with Crippen LogP contribution < -0.4 is 23.2 Å². The highest BCUT2D eigenvalue weighted by Gasteiger charge is 2.22. The Hall–Kier alpha value is -3.06. The molecule has 0 N–H and O–H groups in total. The van der Waals surface area contributed by atoms with Gasteiger partial charge in [-0.15, -0.1) is 10.2 Å². The van der Waals surface area contributed by atoms with Crippen molar-refractivity contribution in [2.75, 3.05) is 0 Å². The van der Waals surface area contributed by atoms with Gasteiger partial charge in [-0.25, -0.2) is 18.6 Å². The van der Waals surface area contributed by atoms with Crippen molar-refractivity contribution in [1.82, 2.24) is 0 Å². The third-order valence-corrected chi connectivity index (χ3v) is 5.65. The van der Waals surface area contributed by atoms with Crippen LogP contribution in [0.15, 0.2) is 103 Å². The lowest BCUT2D eigenvalue weighted by molar-refractivity contribution is -2.00. The number of unbranched alkanes of at least 4 members (excludes halogenated alkanes) is 3. The fourth-order valence-corrected chi connectivity index (χ4v) is 4.05. The van der Waals surface area contributed by atoms with E-state index in [0.29, 0.717) is 0 Å². The lowest BCUT2D eigenvalue weighted by Gasteiger charge is -2.17. The average Bonchev–Trinajstić information content (AvgIpc) is 2.87. The smallest absolute Gasteiger partial charge is 0.213 e. The van der Waals surface area contributed by atoms with Gasteiger partial charge in [0.1, 0.15) is 6.54 Å². The number of hydrogen-bond donors (Lipinski definition) is 0. The summed E-state index contributed by atoms with van der Waals surface area (Å²) in [5.74, 6) is 0. The molecule has 0 fully saturated rings. The van der Waals surface area contributed by atoms with E-state index < -0.39 is 10.2 Å². The summed E-state index contributed by atoms with van der Waals surface area (Å²) in [4.78, 5) is 0. The van der Waals surface area contributed by atoms with Crippen LogP contribution in [0.25, 0.3) is 33.6 Å². The Morgan fingerprint density at radius 3 is 1.34 bits per heavy atom. The zero-order chi connectivity index (χ0) is 25.1. The highest BCUT2D eigenvalue weighted by Crippen LogP contribution is 2.29. The van der Waals surface area contributed by atoms with Crippen LogP contribution in [0.5, 0.6) is 0 Å². The first kappa shape index (κ1) is 26.5. The van der Waals surface area contributed by atoms with Crippen LogP contribution in [0.1, 0.15) is 32.6 Å². The fourth-order valence-electron chi connectivity index (χ4n) is 4.05. The molecule has 4 rings (SSSR count). The quantitative estimate of drug-likeness (QED) is 0.279. The first-order valence-electron chi connectivity index (χ1n) is 11.7. The molecule has 0 aliphatic carbocycles. The monoisotopic (exact) mass is 491 g/mol. The van der Waals surface area contributed by atoms with Gasteiger partial charge in [0.05, 0.1) is 0 Å². The Balaban J connectivity index is 0.000000623. The molecule has 0 saturated carbocycles. The summed E-state index contributed by atoms with van der Waals surface area (Å²) in [7, 11) is -4.94. The second-order valence-electron chi connectivity index (χ2n) is 8.20. The van der Waals surface area contributed by atoms with Crippen molar-refractivity contribution in [3.8, 4) is 33.6 Å². The summed E-state index contributed by atoms with van der Waals surface area (Å²) >= 11 is 0. The molecule has 6 heteroatoms. The molecular weight excluding hydrogens is 462 g/mol. The van der Waals surface area contributed by atoms with Crippen LogP contribution in [-0.2, 0) is 6.54 Å². The Kier molecular flexibility index (Phi) is 9.97. The van der Waals surface area contributed by atoms with Crippen LogP contribution in [0.4, 0.5) is 0 Å². The van der Waals surface area contributed by atoms with E-state index in [-0.39, 0.29) is 0 Å².